The molecule has 70 valence electrons. The van der Waals surface area contributed by atoms with Crippen molar-refractivity contribution in [3.05, 3.63) is 29.0 Å². The highest BCUT2D eigenvalue weighted by molar-refractivity contribution is 6.30. The Morgan fingerprint density at radius 3 is 2.62 bits per heavy atom. The van der Waals surface area contributed by atoms with Crippen LogP contribution in [-0.4, -0.2) is 4.98 Å². The third kappa shape index (κ3) is 1.69. The van der Waals surface area contributed by atoms with Gasteiger partial charge in [0.25, 0.3) is 0 Å². The maximum Gasteiger partial charge on any atom is 0.0592 e. The maximum absolute atomic E-state index is 6.25. The van der Waals surface area contributed by atoms with E-state index in [1.807, 2.05) is 12.3 Å². The molecule has 1 fully saturated rings. The first kappa shape index (κ1) is 8.97. The largest absolute Gasteiger partial charge is 0.321 e. The molecule has 1 aliphatic rings. The van der Waals surface area contributed by atoms with Crippen LogP contribution >= 0.6 is 11.6 Å². The Balaban J connectivity index is 2.33. The molecule has 2 N–H and O–H groups in total. The molecule has 0 aromatic carbocycles. The van der Waals surface area contributed by atoms with Gasteiger partial charge in [-0.15, -0.1) is 0 Å². The quantitative estimate of drug-likeness (QED) is 0.750. The number of hydrogen-bond donors (Lipinski definition) is 1. The van der Waals surface area contributed by atoms with E-state index >= 15 is 0 Å². The molecule has 1 aromatic heterocycles. The molecule has 2 rings (SSSR count). The van der Waals surface area contributed by atoms with Crippen LogP contribution in [0.1, 0.15) is 31.2 Å². The fourth-order valence-corrected chi connectivity index (χ4v) is 2.15. The summed E-state index contributed by atoms with van der Waals surface area (Å²) in [6, 6.07) is 1.93. The molecule has 0 radical (unpaired) electrons. The molecular formula is C10H13ClN2. The van der Waals surface area contributed by atoms with Crippen molar-refractivity contribution in [1.29, 1.82) is 0 Å². The predicted octanol–water partition coefficient (Wildman–Crippen LogP) is 2.46. The van der Waals surface area contributed by atoms with Crippen molar-refractivity contribution in [3.63, 3.8) is 0 Å². The molecular weight excluding hydrogens is 184 g/mol. The molecule has 13 heavy (non-hydrogen) atoms. The normalized spacial score (nSPS) is 20.5. The van der Waals surface area contributed by atoms with Crippen molar-refractivity contribution >= 4 is 11.6 Å². The van der Waals surface area contributed by atoms with E-state index in [9.17, 15) is 0 Å². The third-order valence-corrected chi connectivity index (χ3v) is 2.98. The fourth-order valence-electron chi connectivity index (χ4n) is 1.98. The lowest BCUT2D eigenvalue weighted by atomic mass is 9.91. The summed E-state index contributed by atoms with van der Waals surface area (Å²) in [5.41, 5.74) is 7.16. The Hall–Kier alpha value is -0.600. The highest BCUT2D eigenvalue weighted by Crippen LogP contribution is 2.36. The van der Waals surface area contributed by atoms with Gasteiger partial charge < -0.3 is 5.73 Å². The molecule has 0 atom stereocenters. The lowest BCUT2D eigenvalue weighted by Crippen LogP contribution is -2.33. The molecule has 1 heterocycles. The first-order chi connectivity index (χ1) is 6.21. The number of pyridine rings is 1. The Kier molecular flexibility index (Phi) is 2.26. The van der Waals surface area contributed by atoms with Gasteiger partial charge in [0.05, 0.1) is 5.02 Å². The average Bonchev–Trinajstić information content (AvgIpc) is 2.54. The SMILES string of the molecule is NC1(c2cncc(Cl)c2)CCCC1. The van der Waals surface area contributed by atoms with Gasteiger partial charge in [-0.2, -0.15) is 0 Å². The summed E-state index contributed by atoms with van der Waals surface area (Å²) >= 11 is 5.87. The van der Waals surface area contributed by atoms with Gasteiger partial charge in [-0.25, -0.2) is 0 Å². The molecule has 2 nitrogen and oxygen atoms in total. The molecule has 0 saturated heterocycles. The molecule has 1 saturated carbocycles. The summed E-state index contributed by atoms with van der Waals surface area (Å²) in [5.74, 6) is 0. The van der Waals surface area contributed by atoms with Gasteiger partial charge in [-0.3, -0.25) is 4.98 Å². The van der Waals surface area contributed by atoms with E-state index in [0.29, 0.717) is 5.02 Å². The van der Waals surface area contributed by atoms with Crippen molar-refractivity contribution < 1.29 is 0 Å². The van der Waals surface area contributed by atoms with E-state index in [-0.39, 0.29) is 5.54 Å². The summed E-state index contributed by atoms with van der Waals surface area (Å²) in [6.07, 6.45) is 8.00. The molecule has 3 heteroatoms. The van der Waals surface area contributed by atoms with Crippen LogP contribution in [-0.2, 0) is 5.54 Å². The van der Waals surface area contributed by atoms with Crippen molar-refractivity contribution in [1.82, 2.24) is 4.98 Å². The van der Waals surface area contributed by atoms with Gasteiger partial charge in [-0.1, -0.05) is 24.4 Å². The van der Waals surface area contributed by atoms with Gasteiger partial charge in [0.2, 0.25) is 0 Å². The number of nitrogens with zero attached hydrogens (tertiary/aromatic N) is 1. The van der Waals surface area contributed by atoms with Crippen LogP contribution in [0.15, 0.2) is 18.5 Å². The monoisotopic (exact) mass is 196 g/mol. The molecule has 1 aromatic rings. The average molecular weight is 197 g/mol. The van der Waals surface area contributed by atoms with Crippen molar-refractivity contribution in [2.75, 3.05) is 0 Å². The van der Waals surface area contributed by atoms with Gasteiger partial charge in [0.15, 0.2) is 0 Å². The van der Waals surface area contributed by atoms with E-state index in [4.69, 9.17) is 17.3 Å². The first-order valence-corrected chi connectivity index (χ1v) is 4.98. The second-order valence-electron chi connectivity index (χ2n) is 3.76. The summed E-state index contributed by atoms with van der Waals surface area (Å²) in [5, 5.41) is 0.675. The van der Waals surface area contributed by atoms with Gasteiger partial charge in [-0.05, 0) is 24.5 Å². The number of hydrogen-bond acceptors (Lipinski definition) is 2. The molecule has 0 bridgehead atoms. The van der Waals surface area contributed by atoms with E-state index in [2.05, 4.69) is 4.98 Å². The van der Waals surface area contributed by atoms with Crippen LogP contribution in [0, 0.1) is 0 Å². The number of nitrogens with two attached hydrogens (primary N) is 1. The zero-order valence-electron chi connectivity index (χ0n) is 7.46. The minimum atomic E-state index is -0.169. The lowest BCUT2D eigenvalue weighted by Gasteiger charge is -2.23. The van der Waals surface area contributed by atoms with Crippen LogP contribution in [0.2, 0.25) is 5.02 Å². The van der Waals surface area contributed by atoms with Crippen LogP contribution in [0.4, 0.5) is 0 Å². The Morgan fingerprint density at radius 1 is 1.31 bits per heavy atom. The number of rotatable bonds is 1. The van der Waals surface area contributed by atoms with Crippen LogP contribution in [0.3, 0.4) is 0 Å². The van der Waals surface area contributed by atoms with Crippen molar-refractivity contribution in [2.24, 2.45) is 5.73 Å². The maximum atomic E-state index is 6.25. The van der Waals surface area contributed by atoms with Crippen LogP contribution < -0.4 is 5.73 Å². The fraction of sp³-hybridized carbons (Fsp3) is 0.500. The van der Waals surface area contributed by atoms with Crippen molar-refractivity contribution in [3.8, 4) is 0 Å². The highest BCUT2D eigenvalue weighted by atomic mass is 35.5. The summed E-state index contributed by atoms with van der Waals surface area (Å²) in [4.78, 5) is 4.06. The van der Waals surface area contributed by atoms with Gasteiger partial charge in [0.1, 0.15) is 0 Å². The Bertz CT molecular complexity index is 306. The molecule has 0 unspecified atom stereocenters. The predicted molar refractivity (Wildman–Crippen MR) is 53.6 cm³/mol. The number of aromatic nitrogens is 1. The standard InChI is InChI=1S/C10H13ClN2/c11-9-5-8(6-13-7-9)10(12)3-1-2-4-10/h5-7H,1-4,12H2. The topological polar surface area (TPSA) is 38.9 Å². The summed E-state index contributed by atoms with van der Waals surface area (Å²) in [6.45, 7) is 0. The summed E-state index contributed by atoms with van der Waals surface area (Å²) in [7, 11) is 0. The smallest absolute Gasteiger partial charge is 0.0592 e. The Labute approximate surface area is 83.1 Å². The third-order valence-electron chi connectivity index (χ3n) is 2.78. The molecule has 0 amide bonds. The highest BCUT2D eigenvalue weighted by Gasteiger charge is 2.31. The second-order valence-corrected chi connectivity index (χ2v) is 4.19. The van der Waals surface area contributed by atoms with Crippen molar-refractivity contribution in [2.45, 2.75) is 31.2 Å². The molecule has 1 aliphatic carbocycles. The first-order valence-electron chi connectivity index (χ1n) is 4.61. The van der Waals surface area contributed by atoms with Gasteiger partial charge >= 0.3 is 0 Å². The second kappa shape index (κ2) is 3.28. The molecule has 0 spiro atoms. The zero-order valence-corrected chi connectivity index (χ0v) is 8.22. The molecule has 0 aliphatic heterocycles. The van der Waals surface area contributed by atoms with Crippen LogP contribution in [0.5, 0.6) is 0 Å². The Morgan fingerprint density at radius 2 is 2.00 bits per heavy atom. The van der Waals surface area contributed by atoms with E-state index in [1.165, 1.54) is 12.8 Å². The number of halogens is 1. The zero-order chi connectivity index (χ0) is 9.31. The van der Waals surface area contributed by atoms with Crippen LogP contribution in [0.25, 0.3) is 0 Å². The minimum absolute atomic E-state index is 0.169. The van der Waals surface area contributed by atoms with Gasteiger partial charge in [0, 0.05) is 17.9 Å². The summed E-state index contributed by atoms with van der Waals surface area (Å²) < 4.78 is 0. The minimum Gasteiger partial charge on any atom is -0.321 e. The van der Waals surface area contributed by atoms with E-state index < -0.39 is 0 Å². The van der Waals surface area contributed by atoms with E-state index in [0.717, 1.165) is 18.4 Å². The lowest BCUT2D eigenvalue weighted by molar-refractivity contribution is 0.460. The van der Waals surface area contributed by atoms with E-state index in [1.54, 1.807) is 6.20 Å².